The van der Waals surface area contributed by atoms with Gasteiger partial charge in [0.2, 0.25) is 0 Å². The van der Waals surface area contributed by atoms with E-state index in [0.717, 1.165) is 5.56 Å². The van der Waals surface area contributed by atoms with E-state index in [1.165, 1.54) is 5.56 Å². The molecule has 1 aliphatic heterocycles. The van der Waals surface area contributed by atoms with E-state index in [-0.39, 0.29) is 12.5 Å². The minimum absolute atomic E-state index is 0.199. The highest BCUT2D eigenvalue weighted by Gasteiger charge is 2.36. The Kier molecular flexibility index (Phi) is 6.75. The lowest BCUT2D eigenvalue weighted by atomic mass is 9.99. The maximum atomic E-state index is 12.9. The zero-order valence-corrected chi connectivity index (χ0v) is 16.2. The van der Waals surface area contributed by atoms with Crippen molar-refractivity contribution in [2.24, 2.45) is 0 Å². The maximum Gasteiger partial charge on any atom is 0.340 e. The van der Waals surface area contributed by atoms with E-state index in [9.17, 15) is 9.59 Å². The zero-order chi connectivity index (χ0) is 19.3. The third kappa shape index (κ3) is 4.22. The molecule has 0 N–H and O–H groups in total. The molecule has 2 rings (SSSR count). The Morgan fingerprint density at radius 2 is 1.88 bits per heavy atom. The first-order valence-electron chi connectivity index (χ1n) is 8.91. The molecule has 1 amide bonds. The fraction of sp³-hybridized carbons (Fsp3) is 0.429. The van der Waals surface area contributed by atoms with Crippen LogP contribution in [0.2, 0.25) is 0 Å². The zero-order valence-electron chi connectivity index (χ0n) is 16.2. The molecule has 0 unspecified atom stereocenters. The molecule has 0 aliphatic carbocycles. The SMILES string of the molecule is CCOC(=O)C1=C(C)N(CCOC)C(=O)C1=Cc1ccc(C(C)C)cc1. The minimum Gasteiger partial charge on any atom is -0.462 e. The van der Waals surface area contributed by atoms with Gasteiger partial charge in [0.05, 0.1) is 24.4 Å². The van der Waals surface area contributed by atoms with Gasteiger partial charge in [0, 0.05) is 19.4 Å². The molecule has 5 heteroatoms. The number of amides is 1. The van der Waals surface area contributed by atoms with Gasteiger partial charge < -0.3 is 14.4 Å². The Hall–Kier alpha value is -2.40. The van der Waals surface area contributed by atoms with Crippen molar-refractivity contribution in [3.63, 3.8) is 0 Å². The Morgan fingerprint density at radius 1 is 1.23 bits per heavy atom. The van der Waals surface area contributed by atoms with Crippen LogP contribution >= 0.6 is 0 Å². The maximum absolute atomic E-state index is 12.9. The van der Waals surface area contributed by atoms with Crippen LogP contribution in [0.25, 0.3) is 6.08 Å². The fourth-order valence-corrected chi connectivity index (χ4v) is 2.92. The van der Waals surface area contributed by atoms with E-state index in [1.54, 1.807) is 31.9 Å². The van der Waals surface area contributed by atoms with Crippen molar-refractivity contribution in [3.05, 3.63) is 52.2 Å². The summed E-state index contributed by atoms with van der Waals surface area (Å²) in [4.78, 5) is 26.9. The molecule has 1 aromatic carbocycles. The van der Waals surface area contributed by atoms with Crippen molar-refractivity contribution in [2.75, 3.05) is 26.9 Å². The number of methoxy groups -OCH3 is 1. The molecule has 0 saturated carbocycles. The summed E-state index contributed by atoms with van der Waals surface area (Å²) in [6, 6.07) is 8.01. The molecule has 26 heavy (non-hydrogen) atoms. The second-order valence-electron chi connectivity index (χ2n) is 6.51. The van der Waals surface area contributed by atoms with Crippen LogP contribution < -0.4 is 0 Å². The lowest BCUT2D eigenvalue weighted by Crippen LogP contribution is -2.28. The number of allylic oxidation sites excluding steroid dienone is 1. The number of rotatable bonds is 7. The first-order chi connectivity index (χ1) is 12.4. The molecule has 0 atom stereocenters. The molecule has 5 nitrogen and oxygen atoms in total. The van der Waals surface area contributed by atoms with Crippen LogP contribution in [-0.2, 0) is 19.1 Å². The normalized spacial score (nSPS) is 16.2. The molecule has 1 heterocycles. The van der Waals surface area contributed by atoms with Gasteiger partial charge in [0.15, 0.2) is 0 Å². The highest BCUT2D eigenvalue weighted by atomic mass is 16.5. The van der Waals surface area contributed by atoms with Crippen molar-refractivity contribution >= 4 is 18.0 Å². The molecule has 0 fully saturated rings. The molecule has 1 aromatic rings. The monoisotopic (exact) mass is 357 g/mol. The van der Waals surface area contributed by atoms with Gasteiger partial charge in [-0.05, 0) is 37.0 Å². The summed E-state index contributed by atoms with van der Waals surface area (Å²) in [7, 11) is 1.58. The van der Waals surface area contributed by atoms with Gasteiger partial charge in [-0.1, -0.05) is 38.1 Å². The van der Waals surface area contributed by atoms with Gasteiger partial charge in [-0.3, -0.25) is 4.79 Å². The largest absolute Gasteiger partial charge is 0.462 e. The number of carbonyl (C=O) groups is 2. The molecular formula is C21H27NO4. The molecule has 0 radical (unpaired) electrons. The number of benzene rings is 1. The van der Waals surface area contributed by atoms with Crippen LogP contribution in [0.3, 0.4) is 0 Å². The van der Waals surface area contributed by atoms with Crippen molar-refractivity contribution in [2.45, 2.75) is 33.6 Å². The van der Waals surface area contributed by atoms with Gasteiger partial charge >= 0.3 is 5.97 Å². The average Bonchev–Trinajstić information content (AvgIpc) is 2.84. The van der Waals surface area contributed by atoms with Gasteiger partial charge in [0.1, 0.15) is 0 Å². The van der Waals surface area contributed by atoms with Crippen molar-refractivity contribution in [3.8, 4) is 0 Å². The van der Waals surface area contributed by atoms with Gasteiger partial charge in [-0.25, -0.2) is 4.79 Å². The fourth-order valence-electron chi connectivity index (χ4n) is 2.92. The topological polar surface area (TPSA) is 55.8 Å². The van der Waals surface area contributed by atoms with Gasteiger partial charge in [-0.15, -0.1) is 0 Å². The summed E-state index contributed by atoms with van der Waals surface area (Å²) < 4.78 is 10.2. The van der Waals surface area contributed by atoms with Crippen LogP contribution in [0.15, 0.2) is 41.1 Å². The number of nitrogens with zero attached hydrogens (tertiary/aromatic N) is 1. The van der Waals surface area contributed by atoms with Crippen molar-refractivity contribution in [1.29, 1.82) is 0 Å². The number of esters is 1. The third-order valence-corrected chi connectivity index (χ3v) is 4.42. The number of hydrogen-bond acceptors (Lipinski definition) is 4. The molecule has 1 aliphatic rings. The average molecular weight is 357 g/mol. The number of carbonyl (C=O) groups excluding carboxylic acids is 2. The Labute approximate surface area is 155 Å². The van der Waals surface area contributed by atoms with E-state index in [1.807, 2.05) is 24.3 Å². The predicted molar refractivity (Wildman–Crippen MR) is 101 cm³/mol. The van der Waals surface area contributed by atoms with E-state index in [4.69, 9.17) is 9.47 Å². The number of hydrogen-bond donors (Lipinski definition) is 0. The standard InChI is InChI=1S/C21H27NO4/c1-6-26-21(24)19-15(4)22(11-12-25-5)20(23)18(19)13-16-7-9-17(10-8-16)14(2)3/h7-10,13-14H,6,11-12H2,1-5H3. The molecule has 0 aromatic heterocycles. The molecule has 0 saturated heterocycles. The van der Waals surface area contributed by atoms with Crippen molar-refractivity contribution in [1.82, 2.24) is 4.90 Å². The van der Waals surface area contributed by atoms with Crippen molar-refractivity contribution < 1.29 is 19.1 Å². The molecule has 140 valence electrons. The molecule has 0 spiro atoms. The van der Waals surface area contributed by atoms with Gasteiger partial charge in [0.25, 0.3) is 5.91 Å². The van der Waals surface area contributed by atoms with Crippen LogP contribution in [0.1, 0.15) is 44.7 Å². The Morgan fingerprint density at radius 3 is 2.42 bits per heavy atom. The second-order valence-corrected chi connectivity index (χ2v) is 6.51. The highest BCUT2D eigenvalue weighted by Crippen LogP contribution is 2.31. The summed E-state index contributed by atoms with van der Waals surface area (Å²) >= 11 is 0. The Balaban J connectivity index is 2.42. The van der Waals surface area contributed by atoms with Crippen LogP contribution in [-0.4, -0.2) is 43.6 Å². The van der Waals surface area contributed by atoms with E-state index in [0.29, 0.717) is 35.9 Å². The Bertz CT molecular complexity index is 729. The van der Waals surface area contributed by atoms with E-state index in [2.05, 4.69) is 13.8 Å². The van der Waals surface area contributed by atoms with Crippen LogP contribution in [0.5, 0.6) is 0 Å². The summed E-state index contributed by atoms with van der Waals surface area (Å²) in [5.41, 5.74) is 3.41. The first kappa shape index (κ1) is 19.9. The van der Waals surface area contributed by atoms with E-state index < -0.39 is 5.97 Å². The second kappa shape index (κ2) is 8.81. The predicted octanol–water partition coefficient (Wildman–Crippen LogP) is 3.52. The summed E-state index contributed by atoms with van der Waals surface area (Å²) in [6.45, 7) is 8.84. The number of ether oxygens (including phenoxy) is 2. The van der Waals surface area contributed by atoms with E-state index >= 15 is 0 Å². The lowest BCUT2D eigenvalue weighted by molar-refractivity contribution is -0.138. The smallest absolute Gasteiger partial charge is 0.340 e. The molecular weight excluding hydrogens is 330 g/mol. The summed E-state index contributed by atoms with van der Waals surface area (Å²) in [5.74, 6) is -0.231. The quantitative estimate of drug-likeness (QED) is 0.553. The third-order valence-electron chi connectivity index (χ3n) is 4.42. The highest BCUT2D eigenvalue weighted by molar-refractivity contribution is 6.16. The summed E-state index contributed by atoms with van der Waals surface area (Å²) in [6.07, 6.45) is 1.76. The van der Waals surface area contributed by atoms with Gasteiger partial charge in [-0.2, -0.15) is 0 Å². The lowest BCUT2D eigenvalue weighted by Gasteiger charge is -2.16. The minimum atomic E-state index is -0.469. The molecule has 0 bridgehead atoms. The van der Waals surface area contributed by atoms with Crippen LogP contribution in [0.4, 0.5) is 0 Å². The van der Waals surface area contributed by atoms with Crippen LogP contribution in [0, 0.1) is 0 Å². The summed E-state index contributed by atoms with van der Waals surface area (Å²) in [5, 5.41) is 0. The first-order valence-corrected chi connectivity index (χ1v) is 8.91.